The van der Waals surface area contributed by atoms with Gasteiger partial charge < -0.3 is 19.6 Å². The molecule has 0 bridgehead atoms. The predicted molar refractivity (Wildman–Crippen MR) is 115 cm³/mol. The lowest BCUT2D eigenvalue weighted by molar-refractivity contribution is 0.0600. The Balaban J connectivity index is 2.02. The van der Waals surface area contributed by atoms with Gasteiger partial charge in [0.05, 0.1) is 18.4 Å². The highest BCUT2D eigenvalue weighted by molar-refractivity contribution is 5.95. The number of fused-ring (bicyclic) bond motifs is 1. The number of carbonyl (C=O) groups is 2. The summed E-state index contributed by atoms with van der Waals surface area (Å²) >= 11 is 0. The summed E-state index contributed by atoms with van der Waals surface area (Å²) in [5, 5.41) is 9.25. The summed E-state index contributed by atoms with van der Waals surface area (Å²) in [6, 6.07) is 6.63. The van der Waals surface area contributed by atoms with Crippen LogP contribution in [-0.4, -0.2) is 74.0 Å². The lowest BCUT2D eigenvalue weighted by atomic mass is 10.1. The van der Waals surface area contributed by atoms with Crippen LogP contribution in [-0.2, 0) is 18.8 Å². The van der Waals surface area contributed by atoms with Crippen molar-refractivity contribution in [2.24, 2.45) is 14.1 Å². The van der Waals surface area contributed by atoms with Crippen molar-refractivity contribution in [3.05, 3.63) is 50.7 Å². The summed E-state index contributed by atoms with van der Waals surface area (Å²) in [4.78, 5) is 57.1. The number of benzene rings is 1. The number of carbonyl (C=O) groups excluding carboxylic acids is 1. The molecule has 4 rings (SSSR count). The molecule has 1 fully saturated rings. The molecule has 3 heterocycles. The number of imidazole rings is 1. The molecule has 1 aliphatic heterocycles. The molecule has 168 valence electrons. The standard InChI is InChI=1S/C20H22N6O6/c1-22-15-14(16(27)23(2)19(22)29)26(13-7-5-4-6-12(13)17(28)32-3)18(21-15)24-8-10-25(11-9-24)20(30)31/h4-7H,8-11H2,1-3H3,(H,30,31). The van der Waals surface area contributed by atoms with E-state index in [1.807, 2.05) is 4.90 Å². The first-order valence-electron chi connectivity index (χ1n) is 9.85. The Kier molecular flexibility index (Phi) is 5.20. The Labute approximate surface area is 181 Å². The van der Waals surface area contributed by atoms with E-state index in [4.69, 9.17) is 4.74 Å². The molecule has 0 radical (unpaired) electrons. The van der Waals surface area contributed by atoms with Gasteiger partial charge >= 0.3 is 17.8 Å². The normalized spacial score (nSPS) is 14.1. The van der Waals surface area contributed by atoms with Gasteiger partial charge in [0.25, 0.3) is 5.56 Å². The molecule has 0 unspecified atom stereocenters. The second-order valence-corrected chi connectivity index (χ2v) is 7.39. The molecule has 1 aromatic carbocycles. The fraction of sp³-hybridized carbons (Fsp3) is 0.350. The zero-order chi connectivity index (χ0) is 23.2. The highest BCUT2D eigenvalue weighted by Gasteiger charge is 2.29. The maximum Gasteiger partial charge on any atom is 0.407 e. The Bertz CT molecular complexity index is 1350. The van der Waals surface area contributed by atoms with Crippen molar-refractivity contribution >= 4 is 29.2 Å². The van der Waals surface area contributed by atoms with Crippen molar-refractivity contribution in [2.75, 3.05) is 38.2 Å². The maximum absolute atomic E-state index is 13.2. The largest absolute Gasteiger partial charge is 0.465 e. The minimum Gasteiger partial charge on any atom is -0.465 e. The third-order valence-corrected chi connectivity index (χ3v) is 5.62. The molecule has 0 spiro atoms. The lowest BCUT2D eigenvalue weighted by Crippen LogP contribution is -2.49. The van der Waals surface area contributed by atoms with E-state index in [1.165, 1.54) is 30.7 Å². The molecule has 1 amide bonds. The molecular formula is C20H22N6O6. The minimum absolute atomic E-state index is 0.126. The molecular weight excluding hydrogens is 420 g/mol. The molecule has 0 aliphatic carbocycles. The fourth-order valence-electron chi connectivity index (χ4n) is 3.87. The Morgan fingerprint density at radius 3 is 2.31 bits per heavy atom. The minimum atomic E-state index is -1.01. The monoisotopic (exact) mass is 442 g/mol. The van der Waals surface area contributed by atoms with Crippen molar-refractivity contribution < 1.29 is 19.4 Å². The van der Waals surface area contributed by atoms with E-state index in [-0.39, 0.29) is 29.8 Å². The number of rotatable bonds is 3. The third-order valence-electron chi connectivity index (χ3n) is 5.62. The van der Waals surface area contributed by atoms with Gasteiger partial charge in [0.1, 0.15) is 0 Å². The van der Waals surface area contributed by atoms with Gasteiger partial charge in [-0.3, -0.25) is 18.5 Å². The quantitative estimate of drug-likeness (QED) is 0.561. The highest BCUT2D eigenvalue weighted by Crippen LogP contribution is 2.28. The number of hydrogen-bond acceptors (Lipinski definition) is 7. The lowest BCUT2D eigenvalue weighted by Gasteiger charge is -2.34. The third kappa shape index (κ3) is 3.20. The first kappa shape index (κ1) is 21.2. The van der Waals surface area contributed by atoms with Crippen LogP contribution in [0, 0.1) is 0 Å². The molecule has 1 N–H and O–H groups in total. The first-order chi connectivity index (χ1) is 15.3. The molecule has 0 atom stereocenters. The van der Waals surface area contributed by atoms with Crippen molar-refractivity contribution in [1.82, 2.24) is 23.6 Å². The molecule has 1 aliphatic rings. The van der Waals surface area contributed by atoms with Crippen LogP contribution in [0.4, 0.5) is 10.7 Å². The number of aromatic nitrogens is 4. The van der Waals surface area contributed by atoms with Crippen LogP contribution in [0.1, 0.15) is 10.4 Å². The summed E-state index contributed by atoms with van der Waals surface area (Å²) in [6.45, 7) is 1.14. The van der Waals surface area contributed by atoms with Crippen LogP contribution in [0.15, 0.2) is 33.9 Å². The molecule has 32 heavy (non-hydrogen) atoms. The summed E-state index contributed by atoms with van der Waals surface area (Å²) < 4.78 is 8.70. The van der Waals surface area contributed by atoms with Crippen LogP contribution in [0.25, 0.3) is 16.9 Å². The van der Waals surface area contributed by atoms with E-state index in [0.717, 1.165) is 4.57 Å². The van der Waals surface area contributed by atoms with E-state index in [2.05, 4.69) is 4.98 Å². The Morgan fingerprint density at radius 2 is 1.69 bits per heavy atom. The number of ether oxygens (including phenoxy) is 1. The van der Waals surface area contributed by atoms with Gasteiger partial charge in [0.2, 0.25) is 5.95 Å². The number of methoxy groups -OCH3 is 1. The number of hydrogen-bond donors (Lipinski definition) is 1. The molecule has 3 aromatic rings. The van der Waals surface area contributed by atoms with E-state index in [1.54, 1.807) is 28.8 Å². The average molecular weight is 442 g/mol. The van der Waals surface area contributed by atoms with Gasteiger partial charge in [-0.25, -0.2) is 14.4 Å². The number of esters is 1. The number of amides is 1. The summed E-state index contributed by atoms with van der Waals surface area (Å²) in [5.41, 5.74) is -0.222. The van der Waals surface area contributed by atoms with E-state index >= 15 is 0 Å². The summed E-state index contributed by atoms with van der Waals surface area (Å²) in [6.07, 6.45) is -1.01. The number of anilines is 1. The van der Waals surface area contributed by atoms with Gasteiger partial charge in [-0.05, 0) is 12.1 Å². The van der Waals surface area contributed by atoms with E-state index in [0.29, 0.717) is 24.7 Å². The zero-order valence-electron chi connectivity index (χ0n) is 17.8. The van der Waals surface area contributed by atoms with Crippen LogP contribution in [0.3, 0.4) is 0 Å². The smallest absolute Gasteiger partial charge is 0.407 e. The summed E-state index contributed by atoms with van der Waals surface area (Å²) in [7, 11) is 4.15. The first-order valence-corrected chi connectivity index (χ1v) is 9.85. The Hall–Kier alpha value is -4.09. The van der Waals surface area contributed by atoms with Gasteiger partial charge in [-0.15, -0.1) is 0 Å². The van der Waals surface area contributed by atoms with Crippen molar-refractivity contribution in [3.8, 4) is 5.69 Å². The predicted octanol–water partition coefficient (Wildman–Crippen LogP) is 0.00950. The second-order valence-electron chi connectivity index (χ2n) is 7.39. The number of para-hydroxylation sites is 1. The van der Waals surface area contributed by atoms with Crippen molar-refractivity contribution in [3.63, 3.8) is 0 Å². The van der Waals surface area contributed by atoms with Crippen molar-refractivity contribution in [2.45, 2.75) is 0 Å². The Morgan fingerprint density at radius 1 is 1.03 bits per heavy atom. The van der Waals surface area contributed by atoms with Gasteiger partial charge in [0, 0.05) is 40.3 Å². The number of carboxylic acid groups (broad SMARTS) is 1. The molecule has 12 nitrogen and oxygen atoms in total. The van der Waals surface area contributed by atoms with Gasteiger partial charge in [-0.2, -0.15) is 4.98 Å². The molecule has 1 saturated heterocycles. The highest BCUT2D eigenvalue weighted by atomic mass is 16.5. The fourth-order valence-corrected chi connectivity index (χ4v) is 3.87. The molecule has 2 aromatic heterocycles. The SMILES string of the molecule is COC(=O)c1ccccc1-n1c(N2CCN(C(=O)O)CC2)nc2c1c(=O)n(C)c(=O)n2C. The number of piperazine rings is 1. The van der Waals surface area contributed by atoms with E-state index in [9.17, 15) is 24.3 Å². The van der Waals surface area contributed by atoms with Gasteiger partial charge in [0.15, 0.2) is 11.2 Å². The number of nitrogens with zero attached hydrogens (tertiary/aromatic N) is 6. The maximum atomic E-state index is 13.2. The average Bonchev–Trinajstić information content (AvgIpc) is 3.21. The van der Waals surface area contributed by atoms with Crippen LogP contribution >= 0.6 is 0 Å². The number of aryl methyl sites for hydroxylation is 1. The van der Waals surface area contributed by atoms with Crippen LogP contribution < -0.4 is 16.1 Å². The van der Waals surface area contributed by atoms with Crippen LogP contribution in [0.2, 0.25) is 0 Å². The topological polar surface area (TPSA) is 132 Å². The van der Waals surface area contributed by atoms with E-state index < -0.39 is 23.3 Å². The zero-order valence-corrected chi connectivity index (χ0v) is 17.8. The van der Waals surface area contributed by atoms with Crippen molar-refractivity contribution in [1.29, 1.82) is 0 Å². The van der Waals surface area contributed by atoms with Gasteiger partial charge in [-0.1, -0.05) is 12.1 Å². The van der Waals surface area contributed by atoms with Crippen LogP contribution in [0.5, 0.6) is 0 Å². The summed E-state index contributed by atoms with van der Waals surface area (Å²) in [5.74, 6) is -0.259. The molecule has 0 saturated carbocycles. The second kappa shape index (κ2) is 7.87. The molecule has 12 heteroatoms.